The summed E-state index contributed by atoms with van der Waals surface area (Å²) in [5.41, 5.74) is 3.47. The van der Waals surface area contributed by atoms with Crippen LogP contribution in [0.3, 0.4) is 0 Å². The highest BCUT2D eigenvalue weighted by molar-refractivity contribution is 6.31. The van der Waals surface area contributed by atoms with E-state index < -0.39 is 5.91 Å². The molecule has 2 aromatic rings. The van der Waals surface area contributed by atoms with Crippen LogP contribution in [0.25, 0.3) is 0 Å². The Balaban J connectivity index is 2.14. The maximum atomic E-state index is 12.4. The van der Waals surface area contributed by atoms with Crippen molar-refractivity contribution < 1.29 is 9.53 Å². The van der Waals surface area contributed by atoms with E-state index in [4.69, 9.17) is 16.3 Å². The zero-order valence-corrected chi connectivity index (χ0v) is 17.2. The number of ether oxygens (including phenoxy) is 1. The minimum atomic E-state index is -0.503. The summed E-state index contributed by atoms with van der Waals surface area (Å²) in [5.74, 6) is 0.273. The summed E-state index contributed by atoms with van der Waals surface area (Å²) < 4.78 is 5.68. The zero-order chi connectivity index (χ0) is 20.7. The highest BCUT2D eigenvalue weighted by Gasteiger charge is 2.14. The topological polar surface area (TPSA) is 74.1 Å². The predicted octanol–water partition coefficient (Wildman–Crippen LogP) is 5.05. The molecular weight excluding hydrogens is 374 g/mol. The van der Waals surface area contributed by atoms with Crippen molar-refractivity contribution in [1.29, 1.82) is 5.26 Å². The Kier molecular flexibility index (Phi) is 7.48. The van der Waals surface area contributed by atoms with Gasteiger partial charge in [0.15, 0.2) is 0 Å². The van der Waals surface area contributed by atoms with Gasteiger partial charge in [0.05, 0.1) is 12.6 Å². The molecule has 0 saturated carbocycles. The molecule has 2 rings (SSSR count). The van der Waals surface area contributed by atoms with E-state index in [-0.39, 0.29) is 11.6 Å². The molecule has 2 N–H and O–H groups in total. The molecule has 2 aromatic carbocycles. The predicted molar refractivity (Wildman–Crippen MR) is 112 cm³/mol. The Morgan fingerprint density at radius 1 is 1.29 bits per heavy atom. The number of hydrogen-bond donors (Lipinski definition) is 2. The van der Waals surface area contributed by atoms with Crippen LogP contribution >= 0.6 is 11.6 Å². The molecule has 0 heterocycles. The molecule has 1 atom stereocenters. The van der Waals surface area contributed by atoms with Gasteiger partial charge < -0.3 is 15.4 Å². The van der Waals surface area contributed by atoms with Crippen LogP contribution < -0.4 is 15.4 Å². The lowest BCUT2D eigenvalue weighted by atomic mass is 10.0. The molecule has 0 aliphatic rings. The molecule has 0 bridgehead atoms. The number of nitrogens with one attached hydrogen (secondary N) is 2. The number of hydrogen-bond acceptors (Lipinski definition) is 4. The standard InChI is InChI=1S/C22H24ClN3O2/c1-5-28-21-9-6-14(2)10-19(21)16(4)25-13-17(12-24)22(27)26-18-8-7-15(3)20(23)11-18/h6-11,13,16,25H,5H2,1-4H3,(H,26,27)/b17-13-. The van der Waals surface area contributed by atoms with Crippen LogP contribution in [-0.2, 0) is 4.79 Å². The van der Waals surface area contributed by atoms with E-state index >= 15 is 0 Å². The van der Waals surface area contributed by atoms with Crippen molar-refractivity contribution >= 4 is 23.2 Å². The molecule has 0 fully saturated rings. The second kappa shape index (κ2) is 9.82. The minimum Gasteiger partial charge on any atom is -0.494 e. The van der Waals surface area contributed by atoms with Crippen LogP contribution in [0.2, 0.25) is 5.02 Å². The molecule has 5 nitrogen and oxygen atoms in total. The minimum absolute atomic E-state index is 0.0332. The molecule has 146 valence electrons. The van der Waals surface area contributed by atoms with Crippen molar-refractivity contribution in [2.24, 2.45) is 0 Å². The number of benzene rings is 2. The molecule has 6 heteroatoms. The van der Waals surface area contributed by atoms with Gasteiger partial charge in [0.2, 0.25) is 0 Å². The largest absolute Gasteiger partial charge is 0.494 e. The summed E-state index contributed by atoms with van der Waals surface area (Å²) in [6.07, 6.45) is 1.42. The lowest BCUT2D eigenvalue weighted by molar-refractivity contribution is -0.112. The summed E-state index contributed by atoms with van der Waals surface area (Å²) in [6, 6.07) is 12.9. The van der Waals surface area contributed by atoms with Gasteiger partial charge in [0.1, 0.15) is 17.4 Å². The smallest absolute Gasteiger partial charge is 0.267 e. The van der Waals surface area contributed by atoms with Gasteiger partial charge in [-0.1, -0.05) is 35.4 Å². The van der Waals surface area contributed by atoms with E-state index in [1.807, 2.05) is 52.0 Å². The summed E-state index contributed by atoms with van der Waals surface area (Å²) >= 11 is 6.08. The fourth-order valence-electron chi connectivity index (χ4n) is 2.61. The van der Waals surface area contributed by atoms with Gasteiger partial charge in [-0.15, -0.1) is 0 Å². The molecule has 0 aromatic heterocycles. The third-order valence-corrected chi connectivity index (χ3v) is 4.61. The van der Waals surface area contributed by atoms with Crippen molar-refractivity contribution in [3.63, 3.8) is 0 Å². The fraction of sp³-hybridized carbons (Fsp3) is 0.273. The first-order valence-corrected chi connectivity index (χ1v) is 9.40. The summed E-state index contributed by atoms with van der Waals surface area (Å²) in [5, 5.41) is 15.7. The van der Waals surface area contributed by atoms with Crippen molar-refractivity contribution in [3.05, 3.63) is 69.9 Å². The van der Waals surface area contributed by atoms with Gasteiger partial charge >= 0.3 is 0 Å². The molecule has 28 heavy (non-hydrogen) atoms. The average Bonchev–Trinajstić information content (AvgIpc) is 2.66. The van der Waals surface area contributed by atoms with E-state index in [0.29, 0.717) is 17.3 Å². The first kappa shape index (κ1) is 21.3. The zero-order valence-electron chi connectivity index (χ0n) is 16.5. The van der Waals surface area contributed by atoms with E-state index in [0.717, 1.165) is 22.4 Å². The molecule has 0 saturated heterocycles. The number of nitrogens with zero attached hydrogens (tertiary/aromatic N) is 1. The number of carbonyl (C=O) groups excluding carboxylic acids is 1. The van der Waals surface area contributed by atoms with Gasteiger partial charge in [0.25, 0.3) is 5.91 Å². The molecule has 1 unspecified atom stereocenters. The van der Waals surface area contributed by atoms with Gasteiger partial charge in [-0.3, -0.25) is 4.79 Å². The van der Waals surface area contributed by atoms with Crippen LogP contribution in [0.5, 0.6) is 5.75 Å². The maximum Gasteiger partial charge on any atom is 0.267 e. The number of rotatable bonds is 7. The number of carbonyl (C=O) groups is 1. The van der Waals surface area contributed by atoms with Crippen LogP contribution in [-0.4, -0.2) is 12.5 Å². The normalized spacial score (nSPS) is 12.1. The Labute approximate surface area is 171 Å². The van der Waals surface area contributed by atoms with Crippen molar-refractivity contribution in [2.45, 2.75) is 33.7 Å². The number of nitriles is 1. The van der Waals surface area contributed by atoms with E-state index in [1.54, 1.807) is 18.2 Å². The van der Waals surface area contributed by atoms with Crippen LogP contribution in [0.15, 0.2) is 48.2 Å². The van der Waals surface area contributed by atoms with Gasteiger partial charge in [-0.2, -0.15) is 5.26 Å². The first-order chi connectivity index (χ1) is 13.3. The molecular formula is C22H24ClN3O2. The lowest BCUT2D eigenvalue weighted by Crippen LogP contribution is -2.19. The van der Waals surface area contributed by atoms with Gasteiger partial charge in [-0.25, -0.2) is 0 Å². The summed E-state index contributed by atoms with van der Waals surface area (Å²) in [7, 11) is 0. The monoisotopic (exact) mass is 397 g/mol. The van der Waals surface area contributed by atoms with E-state index in [9.17, 15) is 10.1 Å². The maximum absolute atomic E-state index is 12.4. The lowest BCUT2D eigenvalue weighted by Gasteiger charge is -2.18. The van der Waals surface area contributed by atoms with Crippen molar-refractivity contribution in [3.8, 4) is 11.8 Å². The van der Waals surface area contributed by atoms with Crippen LogP contribution in [0.1, 0.15) is 36.6 Å². The van der Waals surface area contributed by atoms with E-state index in [2.05, 4.69) is 10.6 Å². The number of anilines is 1. The molecule has 0 aliphatic heterocycles. The third-order valence-electron chi connectivity index (χ3n) is 4.20. The number of halogens is 1. The van der Waals surface area contributed by atoms with Crippen LogP contribution in [0, 0.1) is 25.2 Å². The number of amides is 1. The average molecular weight is 398 g/mol. The summed E-state index contributed by atoms with van der Waals surface area (Å²) in [6.45, 7) is 8.31. The third kappa shape index (κ3) is 5.51. The SMILES string of the molecule is CCOc1ccc(C)cc1C(C)N/C=C(/C#N)C(=O)Nc1ccc(C)c(Cl)c1. The Bertz CT molecular complexity index is 932. The van der Waals surface area contributed by atoms with Crippen molar-refractivity contribution in [2.75, 3.05) is 11.9 Å². The molecule has 0 radical (unpaired) electrons. The van der Waals surface area contributed by atoms with Gasteiger partial charge in [0, 0.05) is 22.5 Å². The van der Waals surface area contributed by atoms with Crippen molar-refractivity contribution in [1.82, 2.24) is 5.32 Å². The summed E-state index contributed by atoms with van der Waals surface area (Å²) in [4.78, 5) is 12.4. The van der Waals surface area contributed by atoms with Crippen LogP contribution in [0.4, 0.5) is 5.69 Å². The molecule has 0 aliphatic carbocycles. The second-order valence-corrected chi connectivity index (χ2v) is 6.86. The Morgan fingerprint density at radius 3 is 2.68 bits per heavy atom. The molecule has 1 amide bonds. The number of aryl methyl sites for hydroxylation is 2. The highest BCUT2D eigenvalue weighted by atomic mass is 35.5. The fourth-order valence-corrected chi connectivity index (χ4v) is 2.79. The van der Waals surface area contributed by atoms with E-state index in [1.165, 1.54) is 6.20 Å². The van der Waals surface area contributed by atoms with Gasteiger partial charge in [-0.05, 0) is 51.5 Å². The second-order valence-electron chi connectivity index (χ2n) is 6.45. The quantitative estimate of drug-likeness (QED) is 0.506. The molecule has 0 spiro atoms. The Morgan fingerprint density at radius 2 is 2.04 bits per heavy atom. The highest BCUT2D eigenvalue weighted by Crippen LogP contribution is 2.26. The Hall–Kier alpha value is -2.97. The first-order valence-electron chi connectivity index (χ1n) is 9.02.